The van der Waals surface area contributed by atoms with Gasteiger partial charge in [-0.3, -0.25) is 4.99 Å². The van der Waals surface area contributed by atoms with Crippen molar-refractivity contribution in [1.29, 1.82) is 0 Å². The van der Waals surface area contributed by atoms with E-state index in [4.69, 9.17) is 9.98 Å². The molecule has 3 aromatic rings. The third-order valence-corrected chi connectivity index (χ3v) is 5.18. The molecular weight excluding hydrogens is 384 g/mol. The van der Waals surface area contributed by atoms with Gasteiger partial charge in [0.15, 0.2) is 5.84 Å². The maximum atomic E-state index is 5.08. The fourth-order valence-corrected chi connectivity index (χ4v) is 3.71. The summed E-state index contributed by atoms with van der Waals surface area (Å²) >= 11 is 3.56. The fourth-order valence-electron chi connectivity index (χ4n) is 3.31. The van der Waals surface area contributed by atoms with Crippen molar-refractivity contribution in [3.63, 3.8) is 0 Å². The maximum Gasteiger partial charge on any atom is 0.155 e. The Morgan fingerprint density at radius 2 is 1.46 bits per heavy atom. The molecule has 0 saturated heterocycles. The molecule has 4 rings (SSSR count). The molecule has 0 radical (unpaired) electrons. The molecule has 1 aliphatic rings. The van der Waals surface area contributed by atoms with E-state index < -0.39 is 0 Å². The van der Waals surface area contributed by atoms with Crippen LogP contribution in [0.1, 0.15) is 30.0 Å². The zero-order valence-electron chi connectivity index (χ0n) is 14.6. The summed E-state index contributed by atoms with van der Waals surface area (Å²) in [5, 5.41) is 0. The molecule has 0 fully saturated rings. The van der Waals surface area contributed by atoms with Gasteiger partial charge in [0.2, 0.25) is 0 Å². The van der Waals surface area contributed by atoms with E-state index in [-0.39, 0.29) is 5.54 Å². The van der Waals surface area contributed by atoms with E-state index >= 15 is 0 Å². The fraction of sp³-hybridized carbons (Fsp3) is 0.130. The summed E-state index contributed by atoms with van der Waals surface area (Å²) in [4.78, 5) is 10.0. The van der Waals surface area contributed by atoms with E-state index in [1.165, 1.54) is 5.56 Å². The largest absolute Gasteiger partial charge is 0.254 e. The van der Waals surface area contributed by atoms with Crippen molar-refractivity contribution in [1.82, 2.24) is 0 Å². The summed E-state index contributed by atoms with van der Waals surface area (Å²) in [5.74, 6) is 0.780. The van der Waals surface area contributed by atoms with E-state index in [9.17, 15) is 0 Å². The molecule has 1 unspecified atom stereocenters. The predicted octanol–water partition coefficient (Wildman–Crippen LogP) is 6.00. The Balaban J connectivity index is 1.86. The number of amidine groups is 1. The van der Waals surface area contributed by atoms with E-state index in [1.807, 2.05) is 24.3 Å². The Hall–Kier alpha value is -2.52. The molecular formula is C23H19BrN2. The molecule has 1 heterocycles. The van der Waals surface area contributed by atoms with Gasteiger partial charge in [0.1, 0.15) is 0 Å². The Bertz CT molecular complexity index is 977. The smallest absolute Gasteiger partial charge is 0.155 e. The lowest BCUT2D eigenvalue weighted by molar-refractivity contribution is 0.515. The van der Waals surface area contributed by atoms with Gasteiger partial charge < -0.3 is 0 Å². The van der Waals surface area contributed by atoms with Crippen LogP contribution < -0.4 is 0 Å². The summed E-state index contributed by atoms with van der Waals surface area (Å²) in [6.45, 7) is 2.19. The minimum atomic E-state index is -0.341. The van der Waals surface area contributed by atoms with Crippen LogP contribution in [0, 0.1) is 0 Å². The van der Waals surface area contributed by atoms with Crippen molar-refractivity contribution in [3.05, 3.63) is 106 Å². The highest BCUT2D eigenvalue weighted by Crippen LogP contribution is 2.35. The number of rotatable bonds is 3. The van der Waals surface area contributed by atoms with Crippen LogP contribution >= 0.6 is 15.9 Å². The Labute approximate surface area is 162 Å². The van der Waals surface area contributed by atoms with Crippen molar-refractivity contribution in [3.8, 4) is 0 Å². The molecule has 0 N–H and O–H groups in total. The van der Waals surface area contributed by atoms with Gasteiger partial charge in [0.05, 0.1) is 11.3 Å². The minimum absolute atomic E-state index is 0.341. The molecule has 1 atom stereocenters. The average molecular weight is 403 g/mol. The summed E-state index contributed by atoms with van der Waals surface area (Å²) in [5.41, 5.74) is 4.11. The molecule has 0 aromatic heterocycles. The van der Waals surface area contributed by atoms with Crippen LogP contribution in [-0.2, 0) is 5.54 Å². The number of nitrogens with zero attached hydrogens (tertiary/aromatic N) is 2. The molecule has 0 saturated carbocycles. The molecule has 26 heavy (non-hydrogen) atoms. The van der Waals surface area contributed by atoms with Crippen molar-refractivity contribution < 1.29 is 0 Å². The lowest BCUT2D eigenvalue weighted by atomic mass is 9.84. The Kier molecular flexibility index (Phi) is 4.56. The number of aliphatic imine (C=N–C) groups is 2. The third-order valence-electron chi connectivity index (χ3n) is 4.69. The Morgan fingerprint density at radius 1 is 0.808 bits per heavy atom. The zero-order chi connectivity index (χ0) is 18.0. The van der Waals surface area contributed by atoms with Crippen LogP contribution in [0.3, 0.4) is 0 Å². The van der Waals surface area contributed by atoms with Crippen LogP contribution in [0.4, 0.5) is 0 Å². The highest BCUT2D eigenvalue weighted by molar-refractivity contribution is 9.10. The van der Waals surface area contributed by atoms with Gasteiger partial charge in [-0.25, -0.2) is 4.99 Å². The first-order valence-corrected chi connectivity index (χ1v) is 9.48. The van der Waals surface area contributed by atoms with Crippen molar-refractivity contribution >= 4 is 27.5 Å². The normalized spacial score (nSPS) is 19.6. The van der Waals surface area contributed by atoms with Gasteiger partial charge in [0, 0.05) is 16.5 Å². The van der Waals surface area contributed by atoms with Crippen molar-refractivity contribution in [2.45, 2.75) is 18.9 Å². The second-order valence-electron chi connectivity index (χ2n) is 6.69. The SMILES string of the molecule is CC1(c2ccccc2)CC(c2ccccc2)=NC(c2cccc(Br)c2)=N1. The second-order valence-corrected chi connectivity index (χ2v) is 7.60. The molecule has 2 nitrogen and oxygen atoms in total. The standard InChI is InChI=1S/C23H19BrN2/c1-23(19-12-6-3-7-13-19)16-21(17-9-4-2-5-10-17)25-22(26-23)18-11-8-14-20(24)15-18/h2-15H,16H2,1H3. The van der Waals surface area contributed by atoms with Gasteiger partial charge in [-0.2, -0.15) is 0 Å². The van der Waals surface area contributed by atoms with Gasteiger partial charge in [-0.1, -0.05) is 88.7 Å². The third kappa shape index (κ3) is 3.40. The first-order valence-electron chi connectivity index (χ1n) is 8.68. The zero-order valence-corrected chi connectivity index (χ0v) is 16.1. The maximum absolute atomic E-state index is 5.08. The summed E-state index contributed by atoms with van der Waals surface area (Å²) in [6, 6.07) is 29.0. The highest BCUT2D eigenvalue weighted by Gasteiger charge is 2.32. The topological polar surface area (TPSA) is 24.7 Å². The number of hydrogen-bond acceptors (Lipinski definition) is 2. The van der Waals surface area contributed by atoms with E-state index in [1.54, 1.807) is 0 Å². The summed E-state index contributed by atoms with van der Waals surface area (Å²) in [7, 11) is 0. The van der Waals surface area contributed by atoms with Gasteiger partial charge in [-0.05, 0) is 30.2 Å². The Morgan fingerprint density at radius 3 is 2.15 bits per heavy atom. The number of benzene rings is 3. The van der Waals surface area contributed by atoms with E-state index in [0.29, 0.717) is 0 Å². The number of hydrogen-bond donors (Lipinski definition) is 0. The molecule has 3 heteroatoms. The molecule has 3 aromatic carbocycles. The highest BCUT2D eigenvalue weighted by atomic mass is 79.9. The van der Waals surface area contributed by atoms with Gasteiger partial charge in [0.25, 0.3) is 0 Å². The molecule has 1 aliphatic heterocycles. The van der Waals surface area contributed by atoms with E-state index in [2.05, 4.69) is 83.5 Å². The van der Waals surface area contributed by atoms with Gasteiger partial charge >= 0.3 is 0 Å². The average Bonchev–Trinajstić information content (AvgIpc) is 2.69. The summed E-state index contributed by atoms with van der Waals surface area (Å²) < 4.78 is 1.03. The van der Waals surface area contributed by atoms with Crippen LogP contribution in [-0.4, -0.2) is 11.5 Å². The molecule has 0 aliphatic carbocycles. The van der Waals surface area contributed by atoms with Crippen LogP contribution in [0.5, 0.6) is 0 Å². The van der Waals surface area contributed by atoms with Crippen molar-refractivity contribution in [2.75, 3.05) is 0 Å². The molecule has 0 amide bonds. The second kappa shape index (κ2) is 7.00. The first kappa shape index (κ1) is 16.9. The quantitative estimate of drug-likeness (QED) is 0.512. The molecule has 0 spiro atoms. The predicted molar refractivity (Wildman–Crippen MR) is 112 cm³/mol. The monoisotopic (exact) mass is 402 g/mol. The molecule has 0 bridgehead atoms. The minimum Gasteiger partial charge on any atom is -0.254 e. The van der Waals surface area contributed by atoms with Crippen LogP contribution in [0.15, 0.2) is 99.4 Å². The number of halogens is 1. The van der Waals surface area contributed by atoms with Gasteiger partial charge in [-0.15, -0.1) is 0 Å². The molecule has 128 valence electrons. The van der Waals surface area contributed by atoms with Crippen LogP contribution in [0.25, 0.3) is 0 Å². The van der Waals surface area contributed by atoms with E-state index in [0.717, 1.165) is 33.6 Å². The van der Waals surface area contributed by atoms with Crippen LogP contribution in [0.2, 0.25) is 0 Å². The summed E-state index contributed by atoms with van der Waals surface area (Å²) in [6.07, 6.45) is 0.776. The first-order chi connectivity index (χ1) is 12.6. The lowest BCUT2D eigenvalue weighted by Gasteiger charge is -2.31. The lowest BCUT2D eigenvalue weighted by Crippen LogP contribution is -2.30. The van der Waals surface area contributed by atoms with Crippen molar-refractivity contribution in [2.24, 2.45) is 9.98 Å².